The van der Waals surface area contributed by atoms with E-state index in [9.17, 15) is 0 Å². The number of hydrogen-bond acceptors (Lipinski definition) is 3. The predicted octanol–water partition coefficient (Wildman–Crippen LogP) is 3.41. The van der Waals surface area contributed by atoms with Crippen LogP contribution in [-0.4, -0.2) is 31.1 Å². The molecule has 110 valence electrons. The van der Waals surface area contributed by atoms with Crippen LogP contribution in [0.2, 0.25) is 0 Å². The van der Waals surface area contributed by atoms with Gasteiger partial charge in [0.05, 0.1) is 0 Å². The van der Waals surface area contributed by atoms with Gasteiger partial charge >= 0.3 is 0 Å². The summed E-state index contributed by atoms with van der Waals surface area (Å²) in [5, 5.41) is 0. The second-order valence-corrected chi connectivity index (χ2v) is 5.74. The number of anilines is 1. The minimum atomic E-state index is 0.313. The maximum Gasteiger partial charge on any atom is 0.120 e. The first-order chi connectivity index (χ1) is 10.2. The van der Waals surface area contributed by atoms with Gasteiger partial charge in [-0.25, -0.2) is 0 Å². The number of ether oxygens (including phenoxy) is 1. The Morgan fingerprint density at radius 3 is 2.48 bits per heavy atom. The Kier molecular flexibility index (Phi) is 4.11. The summed E-state index contributed by atoms with van der Waals surface area (Å²) in [6, 6.07) is 16.2. The van der Waals surface area contributed by atoms with Crippen molar-refractivity contribution >= 4 is 5.69 Å². The van der Waals surface area contributed by atoms with Crippen LogP contribution in [-0.2, 0) is 0 Å². The van der Waals surface area contributed by atoms with Gasteiger partial charge in [0.25, 0.3) is 0 Å². The highest BCUT2D eigenvalue weighted by Gasteiger charge is 2.18. The zero-order valence-electron chi connectivity index (χ0n) is 12.5. The van der Waals surface area contributed by atoms with Crippen molar-refractivity contribution in [2.75, 3.05) is 25.9 Å². The molecule has 3 nitrogen and oxygen atoms in total. The van der Waals surface area contributed by atoms with Crippen LogP contribution in [0.15, 0.2) is 48.5 Å². The molecule has 2 aromatic rings. The summed E-state index contributed by atoms with van der Waals surface area (Å²) >= 11 is 0. The van der Waals surface area contributed by atoms with E-state index in [2.05, 4.69) is 30.1 Å². The number of piperidine rings is 1. The predicted molar refractivity (Wildman–Crippen MR) is 87.4 cm³/mol. The van der Waals surface area contributed by atoms with E-state index in [1.54, 1.807) is 0 Å². The fraction of sp³-hybridized carbons (Fsp3) is 0.333. The maximum absolute atomic E-state index is 6.14. The van der Waals surface area contributed by atoms with Gasteiger partial charge in [-0.1, -0.05) is 30.3 Å². The van der Waals surface area contributed by atoms with E-state index < -0.39 is 0 Å². The minimum absolute atomic E-state index is 0.313. The third-order valence-corrected chi connectivity index (χ3v) is 4.08. The molecule has 1 aliphatic rings. The lowest BCUT2D eigenvalue weighted by Gasteiger charge is -2.29. The lowest BCUT2D eigenvalue weighted by molar-refractivity contribution is 0.114. The number of rotatable bonds is 3. The number of nitrogens with two attached hydrogens (primary N) is 1. The van der Waals surface area contributed by atoms with E-state index in [-0.39, 0.29) is 0 Å². The highest BCUT2D eigenvalue weighted by molar-refractivity contribution is 5.77. The Morgan fingerprint density at radius 1 is 1.05 bits per heavy atom. The Bertz CT molecular complexity index is 589. The SMILES string of the molecule is CN1CCC(Oc2ccc(N)c(-c3ccccc3)c2)CC1. The molecular formula is C18H22N2O. The Balaban J connectivity index is 1.78. The zero-order valence-corrected chi connectivity index (χ0v) is 12.5. The van der Waals surface area contributed by atoms with Crippen LogP contribution in [0.4, 0.5) is 5.69 Å². The summed E-state index contributed by atoms with van der Waals surface area (Å²) in [7, 11) is 2.16. The standard InChI is InChI=1S/C18H22N2O/c1-20-11-9-15(10-12-20)21-16-7-8-18(19)17(13-16)14-5-3-2-4-6-14/h2-8,13,15H,9-12,19H2,1H3. The molecule has 0 bridgehead atoms. The number of nitrogens with zero attached hydrogens (tertiary/aromatic N) is 1. The third kappa shape index (κ3) is 3.37. The van der Waals surface area contributed by atoms with Crippen molar-refractivity contribution in [3.63, 3.8) is 0 Å². The molecular weight excluding hydrogens is 260 g/mol. The van der Waals surface area contributed by atoms with Crippen LogP contribution in [0.3, 0.4) is 0 Å². The average molecular weight is 282 g/mol. The topological polar surface area (TPSA) is 38.5 Å². The second kappa shape index (κ2) is 6.19. The van der Waals surface area contributed by atoms with Crippen molar-refractivity contribution in [2.45, 2.75) is 18.9 Å². The zero-order chi connectivity index (χ0) is 14.7. The van der Waals surface area contributed by atoms with Gasteiger partial charge in [0, 0.05) is 24.3 Å². The van der Waals surface area contributed by atoms with Crippen molar-refractivity contribution < 1.29 is 4.74 Å². The smallest absolute Gasteiger partial charge is 0.120 e. The molecule has 1 aliphatic heterocycles. The monoisotopic (exact) mass is 282 g/mol. The summed E-state index contributed by atoms with van der Waals surface area (Å²) in [6.07, 6.45) is 2.48. The van der Waals surface area contributed by atoms with Crippen molar-refractivity contribution in [2.24, 2.45) is 0 Å². The Hall–Kier alpha value is -2.00. The van der Waals surface area contributed by atoms with Crippen LogP contribution < -0.4 is 10.5 Å². The molecule has 1 fully saturated rings. The highest BCUT2D eigenvalue weighted by atomic mass is 16.5. The van der Waals surface area contributed by atoms with Gasteiger partial charge < -0.3 is 15.4 Å². The minimum Gasteiger partial charge on any atom is -0.490 e. The maximum atomic E-state index is 6.14. The molecule has 21 heavy (non-hydrogen) atoms. The van der Waals surface area contributed by atoms with Gasteiger partial charge in [0.15, 0.2) is 0 Å². The lowest BCUT2D eigenvalue weighted by atomic mass is 10.0. The van der Waals surface area contributed by atoms with E-state index >= 15 is 0 Å². The number of nitrogen functional groups attached to an aromatic ring is 1. The highest BCUT2D eigenvalue weighted by Crippen LogP contribution is 2.30. The second-order valence-electron chi connectivity index (χ2n) is 5.74. The molecule has 3 rings (SSSR count). The molecule has 1 saturated heterocycles. The van der Waals surface area contributed by atoms with Crippen LogP contribution in [0.25, 0.3) is 11.1 Å². The van der Waals surface area contributed by atoms with Gasteiger partial charge in [-0.15, -0.1) is 0 Å². The molecule has 0 aromatic heterocycles. The van der Waals surface area contributed by atoms with Gasteiger partial charge in [0.1, 0.15) is 11.9 Å². The third-order valence-electron chi connectivity index (χ3n) is 4.08. The van der Waals surface area contributed by atoms with E-state index in [1.807, 2.05) is 30.3 Å². The van der Waals surface area contributed by atoms with Crippen LogP contribution in [0.1, 0.15) is 12.8 Å². The Labute approximate surface area is 126 Å². The van der Waals surface area contributed by atoms with Crippen molar-refractivity contribution in [3.8, 4) is 16.9 Å². The van der Waals surface area contributed by atoms with Gasteiger partial charge in [-0.2, -0.15) is 0 Å². The number of likely N-dealkylation sites (tertiary alicyclic amines) is 1. The Morgan fingerprint density at radius 2 is 1.76 bits per heavy atom. The fourth-order valence-electron chi connectivity index (χ4n) is 2.77. The molecule has 0 radical (unpaired) electrons. The van der Waals surface area contributed by atoms with Crippen LogP contribution >= 0.6 is 0 Å². The van der Waals surface area contributed by atoms with Crippen molar-refractivity contribution in [1.82, 2.24) is 4.90 Å². The van der Waals surface area contributed by atoms with Crippen molar-refractivity contribution in [1.29, 1.82) is 0 Å². The van der Waals surface area contributed by atoms with Crippen molar-refractivity contribution in [3.05, 3.63) is 48.5 Å². The molecule has 0 unspecified atom stereocenters. The summed E-state index contributed by atoms with van der Waals surface area (Å²) in [6.45, 7) is 2.20. The fourth-order valence-corrected chi connectivity index (χ4v) is 2.77. The molecule has 0 spiro atoms. The molecule has 3 heteroatoms. The van der Waals surface area contributed by atoms with E-state index in [0.29, 0.717) is 6.10 Å². The quantitative estimate of drug-likeness (QED) is 0.877. The first-order valence-electron chi connectivity index (χ1n) is 7.52. The molecule has 2 aromatic carbocycles. The number of benzene rings is 2. The molecule has 0 amide bonds. The van der Waals surface area contributed by atoms with E-state index in [4.69, 9.17) is 10.5 Å². The summed E-state index contributed by atoms with van der Waals surface area (Å²) < 4.78 is 6.14. The van der Waals surface area contributed by atoms with Gasteiger partial charge in [0.2, 0.25) is 0 Å². The first-order valence-corrected chi connectivity index (χ1v) is 7.52. The molecule has 0 aliphatic carbocycles. The first kappa shape index (κ1) is 14.0. The lowest BCUT2D eigenvalue weighted by Crippen LogP contribution is -2.35. The molecule has 0 atom stereocenters. The summed E-state index contributed by atoms with van der Waals surface area (Å²) in [5.41, 5.74) is 9.07. The van der Waals surface area contributed by atoms with E-state index in [0.717, 1.165) is 48.5 Å². The largest absolute Gasteiger partial charge is 0.490 e. The summed E-state index contributed by atoms with van der Waals surface area (Å²) in [5.74, 6) is 0.914. The van der Waals surface area contributed by atoms with E-state index in [1.165, 1.54) is 0 Å². The van der Waals surface area contributed by atoms with Crippen LogP contribution in [0.5, 0.6) is 5.75 Å². The average Bonchev–Trinajstić information content (AvgIpc) is 2.52. The van der Waals surface area contributed by atoms with Gasteiger partial charge in [-0.05, 0) is 43.7 Å². The number of hydrogen-bond donors (Lipinski definition) is 1. The molecule has 2 N–H and O–H groups in total. The van der Waals surface area contributed by atoms with Gasteiger partial charge in [-0.3, -0.25) is 0 Å². The molecule has 1 heterocycles. The normalized spacial score (nSPS) is 16.8. The summed E-state index contributed by atoms with van der Waals surface area (Å²) in [4.78, 5) is 2.35. The molecule has 0 saturated carbocycles. The van der Waals surface area contributed by atoms with Crippen LogP contribution in [0, 0.1) is 0 Å².